The van der Waals surface area contributed by atoms with Gasteiger partial charge in [0.15, 0.2) is 6.04 Å². The Kier molecular flexibility index (Phi) is 6.28. The monoisotopic (exact) mass is 385 g/mol. The van der Waals surface area contributed by atoms with Crippen LogP contribution in [-0.2, 0) is 14.3 Å². The van der Waals surface area contributed by atoms with Crippen molar-refractivity contribution in [2.75, 3.05) is 19.8 Å². The first-order chi connectivity index (χ1) is 13.5. The molecule has 0 spiro atoms. The molecule has 2 atom stereocenters. The van der Waals surface area contributed by atoms with Crippen molar-refractivity contribution in [3.63, 3.8) is 0 Å². The largest absolute Gasteiger partial charge is 0.480 e. The number of amides is 1. The van der Waals surface area contributed by atoms with Gasteiger partial charge >= 0.3 is 12.1 Å². The normalized spacial score (nSPS) is 14.6. The second kappa shape index (κ2) is 8.86. The summed E-state index contributed by atoms with van der Waals surface area (Å²) in [4.78, 5) is 23.4. The summed E-state index contributed by atoms with van der Waals surface area (Å²) in [6.07, 6.45) is -1.54. The van der Waals surface area contributed by atoms with Crippen LogP contribution in [0.15, 0.2) is 48.5 Å². The van der Waals surface area contributed by atoms with Gasteiger partial charge in [-0.3, -0.25) is 0 Å². The number of fused-ring (bicyclic) bond motifs is 3. The number of aliphatic hydroxyl groups is 1. The maximum absolute atomic E-state index is 12.1. The van der Waals surface area contributed by atoms with E-state index in [2.05, 4.69) is 5.32 Å². The number of rotatable bonds is 8. The Labute approximate surface area is 162 Å². The minimum absolute atomic E-state index is 0.0177. The Balaban J connectivity index is 1.62. The van der Waals surface area contributed by atoms with E-state index >= 15 is 0 Å². The molecule has 7 nitrogen and oxygen atoms in total. The number of carboxylic acid groups (broad SMARTS) is 1. The number of hydrogen-bond acceptors (Lipinski definition) is 5. The maximum atomic E-state index is 12.1. The van der Waals surface area contributed by atoms with Gasteiger partial charge in [0, 0.05) is 5.92 Å². The lowest BCUT2D eigenvalue weighted by Gasteiger charge is -2.18. The second-order valence-corrected chi connectivity index (χ2v) is 6.75. The van der Waals surface area contributed by atoms with Crippen LogP contribution >= 0.6 is 0 Å². The van der Waals surface area contributed by atoms with E-state index in [4.69, 9.17) is 14.6 Å². The van der Waals surface area contributed by atoms with E-state index in [-0.39, 0.29) is 25.7 Å². The molecule has 1 aliphatic rings. The van der Waals surface area contributed by atoms with Gasteiger partial charge < -0.3 is 25.0 Å². The Morgan fingerprint density at radius 1 is 1.04 bits per heavy atom. The summed E-state index contributed by atoms with van der Waals surface area (Å²) in [7, 11) is 0. The molecule has 28 heavy (non-hydrogen) atoms. The third-order valence-electron chi connectivity index (χ3n) is 4.58. The zero-order chi connectivity index (χ0) is 20.1. The molecule has 2 aromatic carbocycles. The molecule has 7 heteroatoms. The second-order valence-electron chi connectivity index (χ2n) is 6.75. The first-order valence-corrected chi connectivity index (χ1v) is 9.07. The Hall–Kier alpha value is -2.90. The van der Waals surface area contributed by atoms with Crippen molar-refractivity contribution in [1.29, 1.82) is 0 Å². The number of nitrogens with one attached hydrogen (secondary N) is 1. The van der Waals surface area contributed by atoms with Crippen molar-refractivity contribution in [3.05, 3.63) is 59.7 Å². The minimum Gasteiger partial charge on any atom is -0.480 e. The Morgan fingerprint density at radius 2 is 1.61 bits per heavy atom. The van der Waals surface area contributed by atoms with Crippen molar-refractivity contribution in [1.82, 2.24) is 5.32 Å². The number of carbonyl (C=O) groups excluding carboxylic acids is 1. The van der Waals surface area contributed by atoms with Crippen molar-refractivity contribution >= 4 is 12.1 Å². The highest BCUT2D eigenvalue weighted by Gasteiger charge is 2.29. The van der Waals surface area contributed by atoms with Gasteiger partial charge in [-0.1, -0.05) is 48.5 Å². The van der Waals surface area contributed by atoms with Crippen molar-refractivity contribution in [3.8, 4) is 11.1 Å². The molecule has 0 heterocycles. The average molecular weight is 385 g/mol. The molecule has 0 bridgehead atoms. The summed E-state index contributed by atoms with van der Waals surface area (Å²) in [6.45, 7) is 1.34. The highest BCUT2D eigenvalue weighted by Crippen LogP contribution is 2.44. The lowest BCUT2D eigenvalue weighted by atomic mass is 9.98. The number of benzene rings is 2. The number of alkyl carbamates (subject to hydrolysis) is 1. The molecule has 1 amide bonds. The van der Waals surface area contributed by atoms with Crippen LogP contribution in [0.5, 0.6) is 0 Å². The van der Waals surface area contributed by atoms with Gasteiger partial charge in [-0.05, 0) is 29.2 Å². The van der Waals surface area contributed by atoms with Gasteiger partial charge in [-0.2, -0.15) is 0 Å². The van der Waals surface area contributed by atoms with E-state index in [1.807, 2.05) is 48.5 Å². The highest BCUT2D eigenvalue weighted by atomic mass is 16.6. The predicted octanol–water partition coefficient (Wildman–Crippen LogP) is 2.38. The van der Waals surface area contributed by atoms with E-state index < -0.39 is 24.2 Å². The molecule has 0 aliphatic heterocycles. The van der Waals surface area contributed by atoms with Crippen LogP contribution in [0, 0.1) is 0 Å². The van der Waals surface area contributed by atoms with Crippen LogP contribution in [0.25, 0.3) is 11.1 Å². The number of carbonyl (C=O) groups is 2. The quantitative estimate of drug-likeness (QED) is 0.644. The molecule has 3 rings (SSSR count). The number of aliphatic carboxylic acids is 1. The molecule has 0 saturated heterocycles. The van der Waals surface area contributed by atoms with Crippen molar-refractivity contribution in [2.24, 2.45) is 0 Å². The lowest BCUT2D eigenvalue weighted by molar-refractivity contribution is -0.141. The van der Waals surface area contributed by atoms with Crippen LogP contribution < -0.4 is 5.32 Å². The van der Waals surface area contributed by atoms with Gasteiger partial charge in [0.25, 0.3) is 0 Å². The minimum atomic E-state index is -1.26. The summed E-state index contributed by atoms with van der Waals surface area (Å²) in [5.41, 5.74) is 4.38. The molecule has 0 fully saturated rings. The van der Waals surface area contributed by atoms with Crippen molar-refractivity contribution < 1.29 is 29.3 Å². The molecule has 2 aromatic rings. The van der Waals surface area contributed by atoms with E-state index in [1.165, 1.54) is 6.92 Å². The summed E-state index contributed by atoms with van der Waals surface area (Å²) in [6, 6.07) is 14.6. The summed E-state index contributed by atoms with van der Waals surface area (Å²) >= 11 is 0. The standard InChI is InChI=1S/C21H23NO6/c1-13(23)10-27-12-19(20(24)25)22-21(26)28-11-18-16-8-4-2-6-14(16)15-7-3-5-9-17(15)18/h2-9,13,18-19,23H,10-12H2,1H3,(H,22,26)(H,24,25)/t13?,19-/m0/s1. The van der Waals surface area contributed by atoms with E-state index in [0.29, 0.717) is 0 Å². The average Bonchev–Trinajstić information content (AvgIpc) is 2.99. The number of carboxylic acids is 1. The zero-order valence-corrected chi connectivity index (χ0v) is 15.5. The van der Waals surface area contributed by atoms with E-state index in [1.54, 1.807) is 0 Å². The van der Waals surface area contributed by atoms with Crippen LogP contribution in [0.4, 0.5) is 4.79 Å². The summed E-state index contributed by atoms with van der Waals surface area (Å²) < 4.78 is 10.4. The Bertz CT molecular complexity index is 805. The van der Waals surface area contributed by atoms with E-state index in [0.717, 1.165) is 22.3 Å². The Morgan fingerprint density at radius 3 is 2.14 bits per heavy atom. The van der Waals surface area contributed by atoms with Crippen LogP contribution in [0.2, 0.25) is 0 Å². The highest BCUT2D eigenvalue weighted by molar-refractivity contribution is 5.81. The molecule has 0 aromatic heterocycles. The third-order valence-corrected chi connectivity index (χ3v) is 4.58. The van der Waals surface area contributed by atoms with E-state index in [9.17, 15) is 14.7 Å². The van der Waals surface area contributed by atoms with Gasteiger partial charge in [0.1, 0.15) is 6.61 Å². The maximum Gasteiger partial charge on any atom is 0.407 e. The zero-order valence-electron chi connectivity index (χ0n) is 15.5. The molecular formula is C21H23NO6. The summed E-state index contributed by atoms with van der Waals surface area (Å²) in [5.74, 6) is -1.34. The van der Waals surface area contributed by atoms with Crippen LogP contribution in [0.1, 0.15) is 24.0 Å². The molecule has 148 valence electrons. The van der Waals surface area contributed by atoms with Gasteiger partial charge in [0.05, 0.1) is 19.3 Å². The molecule has 3 N–H and O–H groups in total. The predicted molar refractivity (Wildman–Crippen MR) is 102 cm³/mol. The third kappa shape index (κ3) is 4.49. The van der Waals surface area contributed by atoms with Crippen LogP contribution in [-0.4, -0.2) is 54.2 Å². The van der Waals surface area contributed by atoms with Gasteiger partial charge in [0.2, 0.25) is 0 Å². The molecule has 1 unspecified atom stereocenters. The SMILES string of the molecule is CC(O)COC[C@H](NC(=O)OCC1c2ccccc2-c2ccccc21)C(=O)O. The van der Waals surface area contributed by atoms with Gasteiger partial charge in [-0.15, -0.1) is 0 Å². The fourth-order valence-corrected chi connectivity index (χ4v) is 3.31. The molecule has 0 saturated carbocycles. The number of aliphatic hydroxyl groups excluding tert-OH is 1. The number of hydrogen-bond donors (Lipinski definition) is 3. The summed E-state index contributed by atoms with van der Waals surface area (Å²) in [5, 5.41) is 20.7. The fraction of sp³-hybridized carbons (Fsp3) is 0.333. The molecule has 0 radical (unpaired) electrons. The fourth-order valence-electron chi connectivity index (χ4n) is 3.31. The van der Waals surface area contributed by atoms with Crippen LogP contribution in [0.3, 0.4) is 0 Å². The van der Waals surface area contributed by atoms with Gasteiger partial charge in [-0.25, -0.2) is 9.59 Å². The first-order valence-electron chi connectivity index (χ1n) is 9.07. The molecule has 1 aliphatic carbocycles. The molecular weight excluding hydrogens is 362 g/mol. The first kappa shape index (κ1) is 19.9. The number of ether oxygens (including phenoxy) is 2. The smallest absolute Gasteiger partial charge is 0.407 e. The topological polar surface area (TPSA) is 105 Å². The lowest BCUT2D eigenvalue weighted by Crippen LogP contribution is -2.44. The van der Waals surface area contributed by atoms with Crippen molar-refractivity contribution in [2.45, 2.75) is 25.0 Å².